The second-order valence-electron chi connectivity index (χ2n) is 7.09. The lowest BCUT2D eigenvalue weighted by Gasteiger charge is -2.12. The number of carbonyl (C=O) groups is 2. The standard InChI is InChI=1S/C24H20N2O6S/c1-31-21-12-9-17(15-22(21)32-2)25-33(29,30)18-10-7-16(8-11-18)13-14-26-23(27)19-5-3-4-6-20(19)24(26)28/h3-15,25H,1-2H3. The lowest BCUT2D eigenvalue weighted by Crippen LogP contribution is -2.23. The average Bonchev–Trinajstić information content (AvgIpc) is 3.07. The molecule has 0 bridgehead atoms. The summed E-state index contributed by atoms with van der Waals surface area (Å²) in [5.41, 5.74) is 1.66. The highest BCUT2D eigenvalue weighted by Gasteiger charge is 2.33. The van der Waals surface area contributed by atoms with Crippen LogP contribution >= 0.6 is 0 Å². The monoisotopic (exact) mass is 464 g/mol. The first-order chi connectivity index (χ1) is 15.8. The van der Waals surface area contributed by atoms with Crippen molar-refractivity contribution in [1.29, 1.82) is 0 Å². The summed E-state index contributed by atoms with van der Waals surface area (Å²) in [7, 11) is -0.893. The van der Waals surface area contributed by atoms with Gasteiger partial charge in [-0.05, 0) is 48.0 Å². The zero-order chi connectivity index (χ0) is 23.6. The van der Waals surface area contributed by atoms with Gasteiger partial charge in [0.15, 0.2) is 11.5 Å². The number of ether oxygens (including phenoxy) is 2. The van der Waals surface area contributed by atoms with Crippen LogP contribution in [0.15, 0.2) is 77.8 Å². The van der Waals surface area contributed by atoms with Gasteiger partial charge in [0.05, 0.1) is 35.9 Å². The molecule has 8 nitrogen and oxygen atoms in total. The molecule has 0 fully saturated rings. The van der Waals surface area contributed by atoms with E-state index in [1.165, 1.54) is 38.6 Å². The van der Waals surface area contributed by atoms with Gasteiger partial charge in [0.2, 0.25) is 0 Å². The van der Waals surface area contributed by atoms with Crippen LogP contribution < -0.4 is 14.2 Å². The molecule has 168 valence electrons. The van der Waals surface area contributed by atoms with Crippen LogP contribution in [0, 0.1) is 0 Å². The Morgan fingerprint density at radius 1 is 0.818 bits per heavy atom. The molecule has 1 heterocycles. The largest absolute Gasteiger partial charge is 0.493 e. The predicted molar refractivity (Wildman–Crippen MR) is 123 cm³/mol. The second kappa shape index (κ2) is 8.79. The van der Waals surface area contributed by atoms with Crippen molar-refractivity contribution in [2.75, 3.05) is 18.9 Å². The number of nitrogens with zero attached hydrogens (tertiary/aromatic N) is 1. The topological polar surface area (TPSA) is 102 Å². The zero-order valence-corrected chi connectivity index (χ0v) is 18.6. The summed E-state index contributed by atoms with van der Waals surface area (Å²) in [4.78, 5) is 25.9. The molecule has 0 saturated carbocycles. The summed E-state index contributed by atoms with van der Waals surface area (Å²) in [5, 5.41) is 0. The molecule has 0 aromatic heterocycles. The normalized spacial score (nSPS) is 13.3. The van der Waals surface area contributed by atoms with E-state index in [2.05, 4.69) is 4.72 Å². The molecule has 0 radical (unpaired) electrons. The minimum atomic E-state index is -3.85. The van der Waals surface area contributed by atoms with E-state index in [0.29, 0.717) is 33.9 Å². The quantitative estimate of drug-likeness (QED) is 0.534. The summed E-state index contributed by atoms with van der Waals surface area (Å²) in [5.74, 6) is 0.0799. The number of carbonyl (C=O) groups excluding carboxylic acids is 2. The van der Waals surface area contributed by atoms with Crippen LogP contribution in [-0.4, -0.2) is 39.4 Å². The van der Waals surface area contributed by atoms with Crippen LogP contribution in [0.2, 0.25) is 0 Å². The number of fused-ring (bicyclic) bond motifs is 1. The minimum Gasteiger partial charge on any atom is -0.493 e. The molecule has 2 amide bonds. The van der Waals surface area contributed by atoms with Gasteiger partial charge in [-0.15, -0.1) is 0 Å². The average molecular weight is 464 g/mol. The fourth-order valence-corrected chi connectivity index (χ4v) is 4.43. The number of hydrogen-bond donors (Lipinski definition) is 1. The van der Waals surface area contributed by atoms with Crippen LogP contribution in [0.3, 0.4) is 0 Å². The molecule has 4 rings (SSSR count). The Morgan fingerprint density at radius 2 is 1.42 bits per heavy atom. The van der Waals surface area contributed by atoms with Gasteiger partial charge in [-0.25, -0.2) is 13.3 Å². The first-order valence-corrected chi connectivity index (χ1v) is 11.3. The highest BCUT2D eigenvalue weighted by atomic mass is 32.2. The van der Waals surface area contributed by atoms with Gasteiger partial charge in [-0.2, -0.15) is 0 Å². The van der Waals surface area contributed by atoms with Crippen molar-refractivity contribution in [3.05, 3.63) is 89.6 Å². The van der Waals surface area contributed by atoms with Crippen molar-refractivity contribution in [2.24, 2.45) is 0 Å². The van der Waals surface area contributed by atoms with Crippen molar-refractivity contribution in [3.8, 4) is 11.5 Å². The summed E-state index contributed by atoms with van der Waals surface area (Å²) < 4.78 is 38.3. The Morgan fingerprint density at radius 3 is 2.00 bits per heavy atom. The third kappa shape index (κ3) is 4.31. The lowest BCUT2D eigenvalue weighted by atomic mass is 10.1. The van der Waals surface area contributed by atoms with Crippen LogP contribution in [-0.2, 0) is 10.0 Å². The molecule has 0 spiro atoms. The van der Waals surface area contributed by atoms with Crippen LogP contribution in [0.4, 0.5) is 5.69 Å². The number of anilines is 1. The van der Waals surface area contributed by atoms with Gasteiger partial charge >= 0.3 is 0 Å². The fraction of sp³-hybridized carbons (Fsp3) is 0.0833. The first-order valence-electron chi connectivity index (χ1n) is 9.84. The second-order valence-corrected chi connectivity index (χ2v) is 8.77. The molecule has 0 saturated heterocycles. The molecule has 0 unspecified atom stereocenters. The van der Waals surface area contributed by atoms with Gasteiger partial charge in [0.1, 0.15) is 0 Å². The third-order valence-corrected chi connectivity index (χ3v) is 6.46. The molecule has 1 N–H and O–H groups in total. The Kier molecular flexibility index (Phi) is 5.89. The van der Waals surface area contributed by atoms with E-state index in [-0.39, 0.29) is 4.90 Å². The van der Waals surface area contributed by atoms with Crippen molar-refractivity contribution < 1.29 is 27.5 Å². The molecule has 1 aliphatic rings. The van der Waals surface area contributed by atoms with E-state index in [1.807, 2.05) is 0 Å². The van der Waals surface area contributed by atoms with Crippen LogP contribution in [0.1, 0.15) is 26.3 Å². The van der Waals surface area contributed by atoms with Gasteiger partial charge < -0.3 is 9.47 Å². The Labute approximate surface area is 191 Å². The minimum absolute atomic E-state index is 0.0511. The maximum absolute atomic E-state index is 12.7. The smallest absolute Gasteiger partial charge is 0.265 e. The van der Waals surface area contributed by atoms with Crippen molar-refractivity contribution in [1.82, 2.24) is 4.90 Å². The van der Waals surface area contributed by atoms with Crippen molar-refractivity contribution in [2.45, 2.75) is 4.90 Å². The number of amides is 2. The third-order valence-electron chi connectivity index (χ3n) is 5.07. The molecule has 0 aliphatic carbocycles. The van der Waals surface area contributed by atoms with E-state index in [0.717, 1.165) is 4.90 Å². The summed E-state index contributed by atoms with van der Waals surface area (Å²) in [6.45, 7) is 0. The van der Waals surface area contributed by atoms with Gasteiger partial charge in [-0.1, -0.05) is 24.3 Å². The number of hydrogen-bond acceptors (Lipinski definition) is 6. The molecule has 3 aromatic rings. The van der Waals surface area contributed by atoms with E-state index in [1.54, 1.807) is 54.6 Å². The van der Waals surface area contributed by atoms with E-state index in [9.17, 15) is 18.0 Å². The number of benzene rings is 3. The number of nitrogens with one attached hydrogen (secondary N) is 1. The molecule has 3 aromatic carbocycles. The maximum Gasteiger partial charge on any atom is 0.265 e. The fourth-order valence-electron chi connectivity index (χ4n) is 3.38. The van der Waals surface area contributed by atoms with Gasteiger partial charge in [0.25, 0.3) is 21.8 Å². The van der Waals surface area contributed by atoms with Crippen LogP contribution in [0.5, 0.6) is 11.5 Å². The lowest BCUT2D eigenvalue weighted by molar-refractivity contribution is 0.0722. The number of methoxy groups -OCH3 is 2. The molecular formula is C24H20N2O6S. The molecule has 1 aliphatic heterocycles. The van der Waals surface area contributed by atoms with Crippen molar-refractivity contribution in [3.63, 3.8) is 0 Å². The van der Waals surface area contributed by atoms with E-state index >= 15 is 0 Å². The number of sulfonamides is 1. The Balaban J connectivity index is 1.49. The predicted octanol–water partition coefficient (Wildman–Crippen LogP) is 3.77. The number of imide groups is 1. The molecule has 33 heavy (non-hydrogen) atoms. The number of rotatable bonds is 7. The van der Waals surface area contributed by atoms with E-state index in [4.69, 9.17) is 9.47 Å². The van der Waals surface area contributed by atoms with E-state index < -0.39 is 21.8 Å². The maximum atomic E-state index is 12.7. The highest BCUT2D eigenvalue weighted by molar-refractivity contribution is 7.92. The summed E-state index contributed by atoms with van der Waals surface area (Å²) >= 11 is 0. The Bertz CT molecular complexity index is 1330. The molecule has 9 heteroatoms. The van der Waals surface area contributed by atoms with Gasteiger partial charge in [-0.3, -0.25) is 14.3 Å². The molecule has 0 atom stereocenters. The summed E-state index contributed by atoms with van der Waals surface area (Å²) in [6.07, 6.45) is 2.95. The van der Waals surface area contributed by atoms with Crippen LogP contribution in [0.25, 0.3) is 6.08 Å². The molecular weight excluding hydrogens is 444 g/mol. The SMILES string of the molecule is COc1ccc(NS(=O)(=O)c2ccc(C=CN3C(=O)c4ccccc4C3=O)cc2)cc1OC. The Hall–Kier alpha value is -4.11. The van der Waals surface area contributed by atoms with Gasteiger partial charge in [0, 0.05) is 12.3 Å². The highest BCUT2D eigenvalue weighted by Crippen LogP contribution is 2.31. The summed E-state index contributed by atoms with van der Waals surface area (Å²) in [6, 6.07) is 17.3. The first kappa shape index (κ1) is 22.1. The zero-order valence-electron chi connectivity index (χ0n) is 17.8. The van der Waals surface area contributed by atoms with Crippen molar-refractivity contribution >= 4 is 33.6 Å².